The predicted octanol–water partition coefficient (Wildman–Crippen LogP) is 2.39. The van der Waals surface area contributed by atoms with Crippen LogP contribution in [-0.2, 0) is 20.5 Å². The summed E-state index contributed by atoms with van der Waals surface area (Å²) in [6.45, 7) is 1.68. The highest BCUT2D eigenvalue weighted by Gasteiger charge is 2.26. The lowest BCUT2D eigenvalue weighted by molar-refractivity contribution is 0.0730. The van der Waals surface area contributed by atoms with Gasteiger partial charge in [-0.05, 0) is 17.7 Å². The Bertz CT molecular complexity index is 728. The number of rotatable bonds is 5. The largest absolute Gasteiger partial charge is 0.379 e. The van der Waals surface area contributed by atoms with Crippen LogP contribution in [0.3, 0.4) is 0 Å². The molecule has 0 N–H and O–H groups in total. The molecule has 0 amide bonds. The van der Waals surface area contributed by atoms with Gasteiger partial charge in [-0.1, -0.05) is 30.3 Å². The third-order valence-corrected chi connectivity index (χ3v) is 6.44. The van der Waals surface area contributed by atoms with Crippen molar-refractivity contribution in [2.45, 2.75) is 15.7 Å². The first kappa shape index (κ1) is 16.4. The van der Waals surface area contributed by atoms with Crippen LogP contribution in [0.2, 0.25) is 0 Å². The van der Waals surface area contributed by atoms with Crippen molar-refractivity contribution in [1.29, 1.82) is 0 Å². The van der Waals surface area contributed by atoms with Crippen LogP contribution in [0.4, 0.5) is 0 Å². The van der Waals surface area contributed by atoms with Crippen molar-refractivity contribution in [3.05, 3.63) is 54.2 Å². The minimum Gasteiger partial charge on any atom is -0.379 e. The van der Waals surface area contributed by atoms with Crippen molar-refractivity contribution in [2.75, 3.05) is 26.3 Å². The second-order valence-electron chi connectivity index (χ2n) is 5.12. The van der Waals surface area contributed by atoms with Gasteiger partial charge in [-0.25, -0.2) is 13.4 Å². The van der Waals surface area contributed by atoms with Gasteiger partial charge in [-0.3, -0.25) is 0 Å². The highest BCUT2D eigenvalue weighted by atomic mass is 32.2. The van der Waals surface area contributed by atoms with Gasteiger partial charge >= 0.3 is 0 Å². The Hall–Kier alpha value is -1.41. The fourth-order valence-corrected chi connectivity index (χ4v) is 4.42. The van der Waals surface area contributed by atoms with E-state index in [1.54, 1.807) is 23.9 Å². The van der Waals surface area contributed by atoms with E-state index in [1.165, 1.54) is 16.1 Å². The van der Waals surface area contributed by atoms with Gasteiger partial charge in [0, 0.05) is 25.0 Å². The zero-order valence-corrected chi connectivity index (χ0v) is 14.2. The Morgan fingerprint density at radius 2 is 1.83 bits per heavy atom. The maximum absolute atomic E-state index is 12.5. The molecule has 2 heterocycles. The van der Waals surface area contributed by atoms with Crippen molar-refractivity contribution in [3.8, 4) is 0 Å². The molecule has 1 aliphatic rings. The number of benzene rings is 1. The van der Waals surface area contributed by atoms with Crippen LogP contribution in [-0.4, -0.2) is 44.0 Å². The van der Waals surface area contributed by atoms with Crippen LogP contribution in [0.25, 0.3) is 0 Å². The summed E-state index contributed by atoms with van der Waals surface area (Å²) in [7, 11) is -3.46. The number of aromatic nitrogens is 1. The third-order valence-electron chi connectivity index (χ3n) is 3.55. The second kappa shape index (κ2) is 7.44. The minimum atomic E-state index is -3.46. The van der Waals surface area contributed by atoms with Gasteiger partial charge in [-0.2, -0.15) is 4.31 Å². The Morgan fingerprint density at radius 1 is 1.09 bits per heavy atom. The third kappa shape index (κ3) is 4.11. The van der Waals surface area contributed by atoms with Crippen molar-refractivity contribution in [2.24, 2.45) is 0 Å². The number of pyridine rings is 1. The molecule has 5 nitrogen and oxygen atoms in total. The molecule has 0 atom stereocenters. The lowest BCUT2D eigenvalue weighted by Gasteiger charge is -2.25. The molecular formula is C16H18N2O3S2. The Kier molecular flexibility index (Phi) is 5.32. The van der Waals surface area contributed by atoms with Gasteiger partial charge in [0.15, 0.2) is 0 Å². The van der Waals surface area contributed by atoms with E-state index in [4.69, 9.17) is 4.74 Å². The maximum atomic E-state index is 12.5. The van der Waals surface area contributed by atoms with Gasteiger partial charge < -0.3 is 4.74 Å². The molecule has 0 saturated carbocycles. The lowest BCUT2D eigenvalue weighted by atomic mass is 10.2. The van der Waals surface area contributed by atoms with Crippen LogP contribution in [0.5, 0.6) is 0 Å². The van der Waals surface area contributed by atoms with E-state index in [0.29, 0.717) is 26.3 Å². The first-order valence-corrected chi connectivity index (χ1v) is 9.79. The van der Waals surface area contributed by atoms with Gasteiger partial charge in [0.05, 0.1) is 18.2 Å². The van der Waals surface area contributed by atoms with E-state index in [-0.39, 0.29) is 4.90 Å². The number of hydrogen-bond donors (Lipinski definition) is 0. The van der Waals surface area contributed by atoms with Crippen molar-refractivity contribution >= 4 is 21.8 Å². The molecule has 0 radical (unpaired) electrons. The van der Waals surface area contributed by atoms with E-state index >= 15 is 0 Å². The average molecular weight is 350 g/mol. The molecule has 0 bridgehead atoms. The van der Waals surface area contributed by atoms with Crippen LogP contribution < -0.4 is 0 Å². The molecule has 2 aromatic rings. The number of sulfonamides is 1. The zero-order chi connectivity index (χ0) is 16.1. The number of hydrogen-bond acceptors (Lipinski definition) is 5. The Labute approximate surface area is 140 Å². The van der Waals surface area contributed by atoms with E-state index < -0.39 is 10.0 Å². The smallest absolute Gasteiger partial charge is 0.244 e. The molecular weight excluding hydrogens is 332 g/mol. The van der Waals surface area contributed by atoms with Crippen LogP contribution in [0.1, 0.15) is 5.56 Å². The van der Waals surface area contributed by atoms with Crippen LogP contribution >= 0.6 is 11.8 Å². The molecule has 1 saturated heterocycles. The SMILES string of the molecule is O=S(=O)(c1ccc(SCc2ccccc2)nc1)N1CCOCC1. The van der Waals surface area contributed by atoms with Gasteiger partial charge in [0.2, 0.25) is 10.0 Å². The summed E-state index contributed by atoms with van der Waals surface area (Å²) in [6, 6.07) is 13.5. The molecule has 0 unspecified atom stereocenters. The predicted molar refractivity (Wildman–Crippen MR) is 89.8 cm³/mol. The summed E-state index contributed by atoms with van der Waals surface area (Å²) in [5, 5.41) is 0.815. The first-order valence-electron chi connectivity index (χ1n) is 7.37. The first-order chi connectivity index (χ1) is 11.2. The fourth-order valence-electron chi connectivity index (χ4n) is 2.27. The summed E-state index contributed by atoms with van der Waals surface area (Å²) in [6.07, 6.45) is 1.44. The topological polar surface area (TPSA) is 59.5 Å². The fraction of sp³-hybridized carbons (Fsp3) is 0.312. The summed E-state index contributed by atoms with van der Waals surface area (Å²) < 4.78 is 31.7. The molecule has 0 spiro atoms. The molecule has 1 aliphatic heterocycles. The van der Waals surface area contributed by atoms with E-state index in [9.17, 15) is 8.42 Å². The van der Waals surface area contributed by atoms with E-state index in [1.807, 2.05) is 18.2 Å². The maximum Gasteiger partial charge on any atom is 0.244 e. The van der Waals surface area contributed by atoms with Gasteiger partial charge in [-0.15, -0.1) is 11.8 Å². The molecule has 1 aromatic heterocycles. The Balaban J connectivity index is 1.66. The average Bonchev–Trinajstić information content (AvgIpc) is 2.62. The molecule has 0 aliphatic carbocycles. The quantitative estimate of drug-likeness (QED) is 0.775. The number of ether oxygens (including phenoxy) is 1. The monoisotopic (exact) mass is 350 g/mol. The summed E-state index contributed by atoms with van der Waals surface area (Å²) in [5.41, 5.74) is 1.21. The zero-order valence-electron chi connectivity index (χ0n) is 12.6. The van der Waals surface area contributed by atoms with Crippen molar-refractivity contribution < 1.29 is 13.2 Å². The van der Waals surface area contributed by atoms with Gasteiger partial charge in [0.1, 0.15) is 4.90 Å². The summed E-state index contributed by atoms with van der Waals surface area (Å²) >= 11 is 1.59. The van der Waals surface area contributed by atoms with E-state index in [2.05, 4.69) is 17.1 Å². The van der Waals surface area contributed by atoms with Gasteiger partial charge in [0.25, 0.3) is 0 Å². The normalized spacial score (nSPS) is 16.3. The molecule has 1 fully saturated rings. The number of morpholine rings is 1. The van der Waals surface area contributed by atoms with Crippen molar-refractivity contribution in [3.63, 3.8) is 0 Å². The molecule has 7 heteroatoms. The Morgan fingerprint density at radius 3 is 2.48 bits per heavy atom. The lowest BCUT2D eigenvalue weighted by Crippen LogP contribution is -2.40. The van der Waals surface area contributed by atoms with Crippen LogP contribution in [0, 0.1) is 0 Å². The van der Waals surface area contributed by atoms with Crippen LogP contribution in [0.15, 0.2) is 58.6 Å². The summed E-state index contributed by atoms with van der Waals surface area (Å²) in [5.74, 6) is 0.809. The summed E-state index contributed by atoms with van der Waals surface area (Å²) in [4.78, 5) is 4.52. The molecule has 122 valence electrons. The second-order valence-corrected chi connectivity index (χ2v) is 8.06. The number of thioether (sulfide) groups is 1. The highest BCUT2D eigenvalue weighted by Crippen LogP contribution is 2.23. The molecule has 23 heavy (non-hydrogen) atoms. The molecule has 1 aromatic carbocycles. The molecule has 3 rings (SSSR count). The standard InChI is InChI=1S/C16H18N2O3S2/c19-23(20,18-8-10-21-11-9-18)15-6-7-16(17-12-15)22-13-14-4-2-1-3-5-14/h1-7,12H,8-11,13H2. The van der Waals surface area contributed by atoms with Crippen molar-refractivity contribution in [1.82, 2.24) is 9.29 Å². The minimum absolute atomic E-state index is 0.239. The number of nitrogens with zero attached hydrogens (tertiary/aromatic N) is 2. The van der Waals surface area contributed by atoms with E-state index in [0.717, 1.165) is 10.8 Å². The highest BCUT2D eigenvalue weighted by molar-refractivity contribution is 7.98.